The third-order valence-corrected chi connectivity index (χ3v) is 5.80. The van der Waals surface area contributed by atoms with E-state index in [-0.39, 0.29) is 5.75 Å². The van der Waals surface area contributed by atoms with Gasteiger partial charge in [-0.1, -0.05) is 6.42 Å². The smallest absolute Gasteiger partial charge is 0.160 e. The lowest BCUT2D eigenvalue weighted by Gasteiger charge is -2.21. The molecule has 0 aliphatic carbocycles. The van der Waals surface area contributed by atoms with Gasteiger partial charge < -0.3 is 4.74 Å². The van der Waals surface area contributed by atoms with Crippen LogP contribution in [-0.2, 0) is 9.84 Å². The van der Waals surface area contributed by atoms with Crippen LogP contribution in [0.15, 0.2) is 24.5 Å². The minimum absolute atomic E-state index is 0.260. The Bertz CT molecular complexity index is 706. The molecule has 2 aromatic heterocycles. The zero-order chi connectivity index (χ0) is 13.5. The Morgan fingerprint density at radius 2 is 2.21 bits per heavy atom. The Morgan fingerprint density at radius 3 is 2.95 bits per heavy atom. The summed E-state index contributed by atoms with van der Waals surface area (Å²) in [7, 11) is -1.49. The highest BCUT2D eigenvalue weighted by atomic mass is 32.2. The van der Waals surface area contributed by atoms with Crippen molar-refractivity contribution in [3.63, 3.8) is 0 Å². The second-order valence-corrected chi connectivity index (χ2v) is 7.13. The molecule has 1 saturated heterocycles. The minimum Gasteiger partial charge on any atom is -0.495 e. The van der Waals surface area contributed by atoms with Crippen LogP contribution in [0.4, 0.5) is 0 Å². The third-order valence-electron chi connectivity index (χ3n) is 3.63. The number of pyridine rings is 1. The summed E-state index contributed by atoms with van der Waals surface area (Å²) in [5.74, 6) is 1.56. The van der Waals surface area contributed by atoms with E-state index in [1.807, 2.05) is 16.5 Å². The Hall–Kier alpha value is -1.56. The minimum atomic E-state index is -3.08. The van der Waals surface area contributed by atoms with Crippen LogP contribution in [0.3, 0.4) is 0 Å². The zero-order valence-electron chi connectivity index (χ0n) is 10.7. The molecule has 1 atom stereocenters. The summed E-state index contributed by atoms with van der Waals surface area (Å²) in [5.41, 5.74) is 0.886. The van der Waals surface area contributed by atoms with Gasteiger partial charge in [-0.3, -0.25) is 4.40 Å². The van der Waals surface area contributed by atoms with E-state index in [4.69, 9.17) is 4.74 Å². The predicted octanol–water partition coefficient (Wildman–Crippen LogP) is 1.98. The summed E-state index contributed by atoms with van der Waals surface area (Å²) in [4.78, 5) is 4.32. The van der Waals surface area contributed by atoms with Crippen LogP contribution in [0.25, 0.3) is 5.52 Å². The summed E-state index contributed by atoms with van der Waals surface area (Å²) >= 11 is 0. The number of sulfone groups is 1. The van der Waals surface area contributed by atoms with Crippen molar-refractivity contribution in [1.29, 1.82) is 0 Å². The molecule has 1 fully saturated rings. The Balaban J connectivity index is 2.14. The predicted molar refractivity (Wildman–Crippen MR) is 72.1 cm³/mol. The SMILES string of the molecule is COc1ccc2cnc(C3CCCCS3(=O)=O)n2c1. The normalized spacial score (nSPS) is 22.5. The van der Waals surface area contributed by atoms with Gasteiger partial charge in [-0.25, -0.2) is 13.4 Å². The van der Waals surface area contributed by atoms with Gasteiger partial charge in [-0.05, 0) is 25.0 Å². The maximum Gasteiger partial charge on any atom is 0.160 e. The lowest BCUT2D eigenvalue weighted by molar-refractivity contribution is 0.412. The van der Waals surface area contributed by atoms with Crippen molar-refractivity contribution >= 4 is 15.4 Å². The molecule has 2 aromatic rings. The van der Waals surface area contributed by atoms with Crippen molar-refractivity contribution in [1.82, 2.24) is 9.38 Å². The molecule has 0 bridgehead atoms. The number of nitrogens with zero attached hydrogens (tertiary/aromatic N) is 2. The van der Waals surface area contributed by atoms with Gasteiger partial charge in [0.2, 0.25) is 0 Å². The first-order valence-electron chi connectivity index (χ1n) is 6.34. The lowest BCUT2D eigenvalue weighted by Crippen LogP contribution is -2.23. The number of imidazole rings is 1. The Labute approximate surface area is 112 Å². The van der Waals surface area contributed by atoms with Gasteiger partial charge in [0.1, 0.15) is 16.8 Å². The van der Waals surface area contributed by atoms with Gasteiger partial charge in [0.25, 0.3) is 0 Å². The summed E-state index contributed by atoms with van der Waals surface area (Å²) in [5, 5.41) is -0.490. The van der Waals surface area contributed by atoms with Crippen LogP contribution in [0.1, 0.15) is 30.3 Å². The molecule has 1 aliphatic rings. The number of fused-ring (bicyclic) bond motifs is 1. The first kappa shape index (κ1) is 12.5. The van der Waals surface area contributed by atoms with E-state index in [1.165, 1.54) is 0 Å². The summed E-state index contributed by atoms with van der Waals surface area (Å²) in [6, 6.07) is 3.72. The summed E-state index contributed by atoms with van der Waals surface area (Å²) in [6.45, 7) is 0. The van der Waals surface area contributed by atoms with E-state index in [1.54, 1.807) is 19.5 Å². The molecule has 5 nitrogen and oxygen atoms in total. The summed E-state index contributed by atoms with van der Waals surface area (Å²) < 4.78 is 31.4. The second kappa shape index (κ2) is 4.52. The molecule has 0 N–H and O–H groups in total. The van der Waals surface area contributed by atoms with Crippen LogP contribution in [0.5, 0.6) is 5.75 Å². The van der Waals surface area contributed by atoms with Gasteiger partial charge >= 0.3 is 0 Å². The molecule has 102 valence electrons. The van der Waals surface area contributed by atoms with Crippen LogP contribution < -0.4 is 4.74 Å². The molecule has 0 spiro atoms. The fourth-order valence-corrected chi connectivity index (χ4v) is 4.51. The van der Waals surface area contributed by atoms with E-state index >= 15 is 0 Å². The highest BCUT2D eigenvalue weighted by molar-refractivity contribution is 7.91. The molecular weight excluding hydrogens is 264 g/mol. The van der Waals surface area contributed by atoms with Crippen molar-refractivity contribution in [3.05, 3.63) is 30.4 Å². The van der Waals surface area contributed by atoms with Crippen molar-refractivity contribution in [2.75, 3.05) is 12.9 Å². The standard InChI is InChI=1S/C13H16N2O3S/c1-18-11-6-5-10-8-14-13(15(10)9-11)12-4-2-3-7-19(12,16)17/h5-6,8-9,12H,2-4,7H2,1H3. The summed E-state index contributed by atoms with van der Waals surface area (Å²) in [6.07, 6.45) is 5.84. The van der Waals surface area contributed by atoms with Gasteiger partial charge in [-0.2, -0.15) is 0 Å². The van der Waals surface area contributed by atoms with Gasteiger partial charge in [0, 0.05) is 0 Å². The topological polar surface area (TPSA) is 60.7 Å². The van der Waals surface area contributed by atoms with Crippen LogP contribution in [0.2, 0.25) is 0 Å². The molecule has 6 heteroatoms. The average Bonchev–Trinajstić information content (AvgIpc) is 2.81. The maximum atomic E-state index is 12.2. The van der Waals surface area contributed by atoms with E-state index < -0.39 is 15.1 Å². The van der Waals surface area contributed by atoms with Crippen molar-refractivity contribution < 1.29 is 13.2 Å². The van der Waals surface area contributed by atoms with Gasteiger partial charge in [0.05, 0.1) is 30.8 Å². The molecule has 0 radical (unpaired) electrons. The van der Waals surface area contributed by atoms with Crippen molar-refractivity contribution in [3.8, 4) is 5.75 Å². The fourth-order valence-electron chi connectivity index (χ4n) is 2.59. The average molecular weight is 280 g/mol. The first-order valence-corrected chi connectivity index (χ1v) is 8.06. The van der Waals surface area contributed by atoms with E-state index in [0.717, 1.165) is 18.4 Å². The molecule has 19 heavy (non-hydrogen) atoms. The quantitative estimate of drug-likeness (QED) is 0.844. The highest BCUT2D eigenvalue weighted by Gasteiger charge is 2.33. The van der Waals surface area contributed by atoms with Gasteiger partial charge in [-0.15, -0.1) is 0 Å². The Morgan fingerprint density at radius 1 is 1.37 bits per heavy atom. The van der Waals surface area contributed by atoms with Gasteiger partial charge in [0.15, 0.2) is 9.84 Å². The van der Waals surface area contributed by atoms with Crippen molar-refractivity contribution in [2.24, 2.45) is 0 Å². The number of hydrogen-bond donors (Lipinski definition) is 0. The molecule has 1 unspecified atom stereocenters. The fraction of sp³-hybridized carbons (Fsp3) is 0.462. The lowest BCUT2D eigenvalue weighted by atomic mass is 10.2. The van der Waals surface area contributed by atoms with Crippen LogP contribution >= 0.6 is 0 Å². The third kappa shape index (κ3) is 2.10. The molecular formula is C13H16N2O3S. The van der Waals surface area contributed by atoms with E-state index in [9.17, 15) is 8.42 Å². The second-order valence-electron chi connectivity index (χ2n) is 4.83. The number of hydrogen-bond acceptors (Lipinski definition) is 4. The molecule has 0 amide bonds. The van der Waals surface area contributed by atoms with E-state index in [2.05, 4.69) is 4.98 Å². The van der Waals surface area contributed by atoms with Crippen molar-refractivity contribution in [2.45, 2.75) is 24.5 Å². The molecule has 0 aromatic carbocycles. The first-order chi connectivity index (χ1) is 9.12. The molecule has 3 heterocycles. The number of aromatic nitrogens is 2. The molecule has 0 saturated carbocycles. The maximum absolute atomic E-state index is 12.2. The zero-order valence-corrected chi connectivity index (χ0v) is 11.6. The van der Waals surface area contributed by atoms with Crippen LogP contribution in [-0.4, -0.2) is 30.7 Å². The Kier molecular flexibility index (Phi) is 2.97. The number of methoxy groups -OCH3 is 1. The number of rotatable bonds is 2. The monoisotopic (exact) mass is 280 g/mol. The van der Waals surface area contributed by atoms with E-state index in [0.29, 0.717) is 18.0 Å². The highest BCUT2D eigenvalue weighted by Crippen LogP contribution is 2.33. The largest absolute Gasteiger partial charge is 0.495 e. The molecule has 3 rings (SSSR count). The number of ether oxygens (including phenoxy) is 1. The van der Waals surface area contributed by atoms with Crippen LogP contribution in [0, 0.1) is 0 Å². The molecule has 1 aliphatic heterocycles.